The number of esters is 1. The Morgan fingerprint density at radius 2 is 2.23 bits per heavy atom. The Bertz CT molecular complexity index is 728. The van der Waals surface area contributed by atoms with Crippen molar-refractivity contribution in [3.63, 3.8) is 0 Å². The molecule has 1 aliphatic rings. The second-order valence-electron chi connectivity index (χ2n) is 5.06. The molecule has 0 unspecified atom stereocenters. The maximum Gasteiger partial charge on any atom is 0.327 e. The van der Waals surface area contributed by atoms with Crippen molar-refractivity contribution in [1.29, 1.82) is 0 Å². The standard InChI is InChI=1S/C15H15F2N3O2/c1-22-14(21)8-20-13-4-5-18-7-10(13)15(19-20)9-2-3-11(16)12(17)6-9/h2-3,6,18H,4-5,7-8H2,1H3. The Kier molecular flexibility index (Phi) is 3.89. The topological polar surface area (TPSA) is 56.2 Å². The molecule has 7 heteroatoms. The van der Waals surface area contributed by atoms with Crippen molar-refractivity contribution in [3.05, 3.63) is 41.1 Å². The van der Waals surface area contributed by atoms with Crippen LogP contribution in [0.2, 0.25) is 0 Å². The number of carbonyl (C=O) groups is 1. The van der Waals surface area contributed by atoms with Crippen molar-refractivity contribution in [1.82, 2.24) is 15.1 Å². The Labute approximate surface area is 125 Å². The van der Waals surface area contributed by atoms with Gasteiger partial charge in [0.15, 0.2) is 11.6 Å². The molecule has 0 spiro atoms. The molecule has 1 aromatic heterocycles. The number of halogens is 2. The largest absolute Gasteiger partial charge is 0.468 e. The first-order valence-corrected chi connectivity index (χ1v) is 6.91. The van der Waals surface area contributed by atoms with Gasteiger partial charge in [-0.25, -0.2) is 8.78 Å². The van der Waals surface area contributed by atoms with Gasteiger partial charge in [-0.2, -0.15) is 5.10 Å². The van der Waals surface area contributed by atoms with Crippen molar-refractivity contribution < 1.29 is 18.3 Å². The smallest absolute Gasteiger partial charge is 0.327 e. The van der Waals surface area contributed by atoms with E-state index in [-0.39, 0.29) is 6.54 Å². The van der Waals surface area contributed by atoms with Crippen molar-refractivity contribution >= 4 is 5.97 Å². The van der Waals surface area contributed by atoms with E-state index in [1.54, 1.807) is 4.68 Å². The van der Waals surface area contributed by atoms with E-state index in [0.29, 0.717) is 24.2 Å². The quantitative estimate of drug-likeness (QED) is 0.876. The third-order valence-corrected chi connectivity index (χ3v) is 3.71. The number of fused-ring (bicyclic) bond motifs is 1. The highest BCUT2D eigenvalue weighted by molar-refractivity contribution is 5.70. The average Bonchev–Trinajstić information content (AvgIpc) is 2.89. The molecule has 2 heterocycles. The number of benzene rings is 1. The second kappa shape index (κ2) is 5.84. The molecule has 116 valence electrons. The molecular weight excluding hydrogens is 292 g/mol. The first-order chi connectivity index (χ1) is 10.6. The zero-order valence-electron chi connectivity index (χ0n) is 12.0. The fourth-order valence-electron chi connectivity index (χ4n) is 2.61. The van der Waals surface area contributed by atoms with Crippen LogP contribution in [0.5, 0.6) is 0 Å². The molecule has 0 atom stereocenters. The van der Waals surface area contributed by atoms with Crippen LogP contribution in [0.1, 0.15) is 11.3 Å². The van der Waals surface area contributed by atoms with Crippen LogP contribution in [0.25, 0.3) is 11.3 Å². The van der Waals surface area contributed by atoms with Gasteiger partial charge in [0.25, 0.3) is 0 Å². The lowest BCUT2D eigenvalue weighted by Crippen LogP contribution is -2.26. The normalized spacial score (nSPS) is 13.8. The number of aromatic nitrogens is 2. The molecule has 1 aromatic carbocycles. The zero-order valence-corrected chi connectivity index (χ0v) is 12.0. The van der Waals surface area contributed by atoms with Gasteiger partial charge in [-0.1, -0.05) is 0 Å². The van der Waals surface area contributed by atoms with Crippen LogP contribution in [0.15, 0.2) is 18.2 Å². The molecule has 0 radical (unpaired) electrons. The molecule has 0 saturated carbocycles. The highest BCUT2D eigenvalue weighted by atomic mass is 19.2. The van der Waals surface area contributed by atoms with Crippen molar-refractivity contribution in [3.8, 4) is 11.3 Å². The molecule has 0 amide bonds. The predicted molar refractivity (Wildman–Crippen MR) is 75.0 cm³/mol. The van der Waals surface area contributed by atoms with Gasteiger partial charge in [0.2, 0.25) is 0 Å². The van der Waals surface area contributed by atoms with E-state index < -0.39 is 17.6 Å². The van der Waals surface area contributed by atoms with E-state index >= 15 is 0 Å². The van der Waals surface area contributed by atoms with Gasteiger partial charge in [-0.3, -0.25) is 9.48 Å². The first-order valence-electron chi connectivity index (χ1n) is 6.91. The van der Waals surface area contributed by atoms with Gasteiger partial charge in [0, 0.05) is 36.3 Å². The summed E-state index contributed by atoms with van der Waals surface area (Å²) >= 11 is 0. The Morgan fingerprint density at radius 3 is 2.95 bits per heavy atom. The summed E-state index contributed by atoms with van der Waals surface area (Å²) in [4.78, 5) is 11.5. The van der Waals surface area contributed by atoms with Gasteiger partial charge < -0.3 is 10.1 Å². The SMILES string of the molecule is COC(=O)Cn1nc(-c2ccc(F)c(F)c2)c2c1CCNC2. The fourth-order valence-corrected chi connectivity index (χ4v) is 2.61. The summed E-state index contributed by atoms with van der Waals surface area (Å²) in [6, 6.07) is 3.68. The molecule has 0 bridgehead atoms. The van der Waals surface area contributed by atoms with E-state index in [4.69, 9.17) is 0 Å². The van der Waals surface area contributed by atoms with Crippen molar-refractivity contribution in [2.75, 3.05) is 13.7 Å². The molecule has 1 N–H and O–H groups in total. The summed E-state index contributed by atoms with van der Waals surface area (Å²) in [7, 11) is 1.32. The highest BCUT2D eigenvalue weighted by Gasteiger charge is 2.23. The summed E-state index contributed by atoms with van der Waals surface area (Å²) < 4.78 is 32.8. The fraction of sp³-hybridized carbons (Fsp3) is 0.333. The Morgan fingerprint density at radius 1 is 1.41 bits per heavy atom. The molecule has 22 heavy (non-hydrogen) atoms. The van der Waals surface area contributed by atoms with Crippen LogP contribution in [0.3, 0.4) is 0 Å². The van der Waals surface area contributed by atoms with Crippen LogP contribution in [0, 0.1) is 11.6 Å². The molecule has 5 nitrogen and oxygen atoms in total. The van der Waals surface area contributed by atoms with E-state index in [0.717, 1.165) is 29.9 Å². The molecule has 2 aromatic rings. The van der Waals surface area contributed by atoms with Crippen LogP contribution >= 0.6 is 0 Å². The van der Waals surface area contributed by atoms with Crippen LogP contribution in [-0.4, -0.2) is 29.4 Å². The minimum absolute atomic E-state index is 0.00249. The van der Waals surface area contributed by atoms with E-state index in [9.17, 15) is 13.6 Å². The third-order valence-electron chi connectivity index (χ3n) is 3.71. The van der Waals surface area contributed by atoms with E-state index in [1.165, 1.54) is 13.2 Å². The number of nitrogens with one attached hydrogen (secondary N) is 1. The van der Waals surface area contributed by atoms with Gasteiger partial charge >= 0.3 is 5.97 Å². The van der Waals surface area contributed by atoms with E-state index in [2.05, 4.69) is 15.2 Å². The third kappa shape index (κ3) is 2.59. The van der Waals surface area contributed by atoms with Crippen LogP contribution < -0.4 is 5.32 Å². The van der Waals surface area contributed by atoms with E-state index in [1.807, 2.05) is 0 Å². The molecule has 0 saturated heterocycles. The second-order valence-corrected chi connectivity index (χ2v) is 5.06. The summed E-state index contributed by atoms with van der Waals surface area (Å²) in [6.07, 6.45) is 0.711. The number of carbonyl (C=O) groups excluding carboxylic acids is 1. The predicted octanol–water partition coefficient (Wildman–Crippen LogP) is 1.65. The molecule has 3 rings (SSSR count). The lowest BCUT2D eigenvalue weighted by atomic mass is 10.0. The summed E-state index contributed by atoms with van der Waals surface area (Å²) in [5.74, 6) is -2.22. The lowest BCUT2D eigenvalue weighted by molar-refractivity contribution is -0.141. The Balaban J connectivity index is 2.07. The molecular formula is C15H15F2N3O2. The van der Waals surface area contributed by atoms with Crippen LogP contribution in [-0.2, 0) is 29.0 Å². The minimum atomic E-state index is -0.919. The monoisotopic (exact) mass is 307 g/mol. The number of nitrogens with zero attached hydrogens (tertiary/aromatic N) is 2. The number of hydrogen-bond donors (Lipinski definition) is 1. The number of hydrogen-bond acceptors (Lipinski definition) is 4. The number of rotatable bonds is 3. The Hall–Kier alpha value is -2.28. The molecule has 0 fully saturated rings. The molecule has 1 aliphatic heterocycles. The highest BCUT2D eigenvalue weighted by Crippen LogP contribution is 2.28. The average molecular weight is 307 g/mol. The van der Waals surface area contributed by atoms with Gasteiger partial charge in [-0.15, -0.1) is 0 Å². The lowest BCUT2D eigenvalue weighted by Gasteiger charge is -2.15. The number of ether oxygens (including phenoxy) is 1. The molecule has 0 aliphatic carbocycles. The maximum atomic E-state index is 13.5. The van der Waals surface area contributed by atoms with Gasteiger partial charge in [0.1, 0.15) is 6.54 Å². The van der Waals surface area contributed by atoms with Crippen molar-refractivity contribution in [2.24, 2.45) is 0 Å². The van der Waals surface area contributed by atoms with Crippen molar-refractivity contribution in [2.45, 2.75) is 19.5 Å². The number of methoxy groups -OCH3 is 1. The zero-order chi connectivity index (χ0) is 15.7. The summed E-state index contributed by atoms with van der Waals surface area (Å²) in [5.41, 5.74) is 2.87. The minimum Gasteiger partial charge on any atom is -0.468 e. The van der Waals surface area contributed by atoms with Crippen LogP contribution in [0.4, 0.5) is 8.78 Å². The van der Waals surface area contributed by atoms with Gasteiger partial charge in [0.05, 0.1) is 12.8 Å². The first kappa shape index (κ1) is 14.6. The summed E-state index contributed by atoms with van der Waals surface area (Å²) in [5, 5.41) is 7.63. The summed E-state index contributed by atoms with van der Waals surface area (Å²) in [6.45, 7) is 1.35. The maximum absolute atomic E-state index is 13.5. The van der Waals surface area contributed by atoms with Gasteiger partial charge in [-0.05, 0) is 18.2 Å².